The minimum Gasteiger partial charge on any atom is -0.496 e. The van der Waals surface area contributed by atoms with Gasteiger partial charge in [0.2, 0.25) is 11.8 Å². The lowest BCUT2D eigenvalue weighted by atomic mass is 9.93. The first-order valence-corrected chi connectivity index (χ1v) is 13.9. The molecular formula is C30H40ClN3O7. The van der Waals surface area contributed by atoms with Crippen molar-refractivity contribution in [3.05, 3.63) is 52.5 Å². The molecule has 1 atom stereocenters. The van der Waals surface area contributed by atoms with E-state index in [1.165, 1.54) is 14.2 Å². The Hall–Kier alpha value is -3.34. The van der Waals surface area contributed by atoms with Gasteiger partial charge in [-0.25, -0.2) is 0 Å². The Bertz CT molecular complexity index is 1240. The van der Waals surface area contributed by atoms with Crippen LogP contribution in [0.4, 0.5) is 5.69 Å². The average Bonchev–Trinajstić information content (AvgIpc) is 2.93. The van der Waals surface area contributed by atoms with Crippen LogP contribution in [-0.2, 0) is 14.4 Å². The third-order valence-electron chi connectivity index (χ3n) is 6.86. The number of carboxylic acid groups (broad SMARTS) is 1. The minimum atomic E-state index is -1.19. The smallest absolute Gasteiger partial charge is 0.317 e. The predicted octanol–water partition coefficient (Wildman–Crippen LogP) is 3.83. The lowest BCUT2D eigenvalue weighted by molar-refractivity contribution is -0.139. The Kier molecular flexibility index (Phi) is 11.0. The number of anilines is 1. The maximum Gasteiger partial charge on any atom is 0.317 e. The lowest BCUT2D eigenvalue weighted by Gasteiger charge is -2.35. The summed E-state index contributed by atoms with van der Waals surface area (Å²) >= 11 is 6.44. The summed E-state index contributed by atoms with van der Waals surface area (Å²) in [6.45, 7) is 7.96. The second kappa shape index (κ2) is 14.0. The molecule has 11 heteroatoms. The lowest BCUT2D eigenvalue weighted by Crippen LogP contribution is -2.50. The minimum absolute atomic E-state index is 0.00128. The molecule has 0 unspecified atom stereocenters. The summed E-state index contributed by atoms with van der Waals surface area (Å²) in [7, 11) is 2.99. The van der Waals surface area contributed by atoms with Gasteiger partial charge < -0.3 is 29.5 Å². The highest BCUT2D eigenvalue weighted by molar-refractivity contribution is 6.31. The molecule has 10 nitrogen and oxygen atoms in total. The van der Waals surface area contributed by atoms with Gasteiger partial charge in [0.05, 0.1) is 26.5 Å². The average molecular weight is 590 g/mol. The summed E-state index contributed by atoms with van der Waals surface area (Å²) in [6, 6.07) is 10.3. The molecule has 0 radical (unpaired) electrons. The molecule has 0 saturated carbocycles. The van der Waals surface area contributed by atoms with E-state index in [1.54, 1.807) is 51.1 Å². The van der Waals surface area contributed by atoms with E-state index in [2.05, 4.69) is 0 Å². The SMILES string of the molecule is COc1ccccc1[C@@H](O)c1cc(Cl)cc(OC)c1N(CC(C)(C)C)C(=O)CCC(=O)N1CCN(CC(=O)O)CC1. The van der Waals surface area contributed by atoms with E-state index in [-0.39, 0.29) is 43.2 Å². The molecule has 0 aromatic heterocycles. The monoisotopic (exact) mass is 589 g/mol. The van der Waals surface area contributed by atoms with Gasteiger partial charge in [0.25, 0.3) is 0 Å². The molecule has 224 valence electrons. The largest absolute Gasteiger partial charge is 0.496 e. The molecule has 0 bridgehead atoms. The van der Waals surface area contributed by atoms with Gasteiger partial charge in [-0.1, -0.05) is 50.6 Å². The number of para-hydroxylation sites is 1. The molecule has 2 amide bonds. The van der Waals surface area contributed by atoms with Gasteiger partial charge in [-0.2, -0.15) is 0 Å². The first kappa shape index (κ1) is 32.2. The number of nitrogens with zero attached hydrogens (tertiary/aromatic N) is 3. The summed E-state index contributed by atoms with van der Waals surface area (Å²) in [5.41, 5.74) is 0.917. The summed E-state index contributed by atoms with van der Waals surface area (Å²) in [5, 5.41) is 20.9. The molecule has 3 rings (SSSR count). The Morgan fingerprint density at radius 1 is 0.976 bits per heavy atom. The molecule has 1 aliphatic rings. The summed E-state index contributed by atoms with van der Waals surface area (Å²) in [5.74, 6) is -0.567. The fourth-order valence-corrected chi connectivity index (χ4v) is 5.14. The van der Waals surface area contributed by atoms with Crippen LogP contribution in [0.2, 0.25) is 5.02 Å². The number of ether oxygens (including phenoxy) is 2. The highest BCUT2D eigenvalue weighted by Gasteiger charge is 2.32. The van der Waals surface area contributed by atoms with Gasteiger partial charge in [-0.05, 0) is 17.5 Å². The van der Waals surface area contributed by atoms with Crippen LogP contribution in [0.3, 0.4) is 0 Å². The molecule has 41 heavy (non-hydrogen) atoms. The summed E-state index contributed by atoms with van der Waals surface area (Å²) < 4.78 is 11.1. The zero-order valence-corrected chi connectivity index (χ0v) is 25.1. The van der Waals surface area contributed by atoms with Crippen LogP contribution >= 0.6 is 11.6 Å². The molecule has 1 fully saturated rings. The van der Waals surface area contributed by atoms with E-state index in [4.69, 9.17) is 26.2 Å². The van der Waals surface area contributed by atoms with Crippen LogP contribution in [0.15, 0.2) is 36.4 Å². The van der Waals surface area contributed by atoms with E-state index in [9.17, 15) is 19.5 Å². The van der Waals surface area contributed by atoms with Gasteiger partial charge in [-0.15, -0.1) is 0 Å². The zero-order valence-electron chi connectivity index (χ0n) is 24.4. The van der Waals surface area contributed by atoms with Gasteiger partial charge in [0.15, 0.2) is 0 Å². The van der Waals surface area contributed by atoms with Crippen molar-refractivity contribution in [2.75, 3.05) is 58.4 Å². The standard InChI is InChI=1S/C30H40ClN3O7/c1-30(2,3)19-34(26(36)11-10-25(35)33-14-12-32(13-15-33)18-27(37)38)28-22(16-20(31)17-24(28)41-5)29(39)21-8-6-7-9-23(21)40-4/h6-9,16-17,29,39H,10-15,18-19H2,1-5H3,(H,37,38)/t29-/m1/s1. The fourth-order valence-electron chi connectivity index (χ4n) is 4.93. The summed E-state index contributed by atoms with van der Waals surface area (Å²) in [4.78, 5) is 42.9. The number of piperazine rings is 1. The van der Waals surface area contributed by atoms with Crippen LogP contribution in [0.1, 0.15) is 50.8 Å². The van der Waals surface area contributed by atoms with Crippen molar-refractivity contribution in [1.82, 2.24) is 9.80 Å². The Labute approximate surface area is 246 Å². The van der Waals surface area contributed by atoms with Crippen molar-refractivity contribution in [2.24, 2.45) is 5.41 Å². The fraction of sp³-hybridized carbons (Fsp3) is 0.500. The van der Waals surface area contributed by atoms with E-state index in [0.717, 1.165) is 0 Å². The quantitative estimate of drug-likeness (QED) is 0.406. The highest BCUT2D eigenvalue weighted by atomic mass is 35.5. The number of hydrogen-bond acceptors (Lipinski definition) is 7. The number of carboxylic acids is 1. The Morgan fingerprint density at radius 3 is 2.20 bits per heavy atom. The van der Waals surface area contributed by atoms with Crippen molar-refractivity contribution in [1.29, 1.82) is 0 Å². The maximum absolute atomic E-state index is 13.9. The second-order valence-electron chi connectivity index (χ2n) is 11.3. The van der Waals surface area contributed by atoms with Crippen LogP contribution in [0, 0.1) is 5.41 Å². The van der Waals surface area contributed by atoms with E-state index in [1.807, 2.05) is 20.8 Å². The first-order valence-electron chi connectivity index (χ1n) is 13.5. The van der Waals surface area contributed by atoms with Gasteiger partial charge >= 0.3 is 5.97 Å². The molecule has 1 saturated heterocycles. The van der Waals surface area contributed by atoms with Crippen LogP contribution < -0.4 is 14.4 Å². The number of rotatable bonds is 11. The van der Waals surface area contributed by atoms with Gasteiger partial charge in [0.1, 0.15) is 17.6 Å². The van der Waals surface area contributed by atoms with Crippen molar-refractivity contribution in [3.63, 3.8) is 0 Å². The molecule has 0 aliphatic carbocycles. The molecule has 2 N–H and O–H groups in total. The zero-order chi connectivity index (χ0) is 30.3. The van der Waals surface area contributed by atoms with E-state index >= 15 is 0 Å². The van der Waals surface area contributed by atoms with E-state index < -0.39 is 12.1 Å². The van der Waals surface area contributed by atoms with Gasteiger partial charge in [-0.3, -0.25) is 19.3 Å². The molecule has 2 aromatic carbocycles. The van der Waals surface area contributed by atoms with Crippen molar-refractivity contribution >= 4 is 35.1 Å². The first-order chi connectivity index (χ1) is 19.3. The third kappa shape index (κ3) is 8.58. The number of hydrogen-bond donors (Lipinski definition) is 2. The van der Waals surface area contributed by atoms with Crippen LogP contribution in [-0.4, -0.2) is 91.3 Å². The number of carbonyl (C=O) groups excluding carboxylic acids is 2. The number of carbonyl (C=O) groups is 3. The van der Waals surface area contributed by atoms with E-state index in [0.29, 0.717) is 59.5 Å². The van der Waals surface area contributed by atoms with Crippen molar-refractivity contribution in [3.8, 4) is 11.5 Å². The van der Waals surface area contributed by atoms with Crippen molar-refractivity contribution in [2.45, 2.75) is 39.7 Å². The third-order valence-corrected chi connectivity index (χ3v) is 7.08. The Morgan fingerprint density at radius 2 is 1.61 bits per heavy atom. The number of amides is 2. The Balaban J connectivity index is 1.91. The number of halogens is 1. The van der Waals surface area contributed by atoms with Crippen LogP contribution in [0.5, 0.6) is 11.5 Å². The topological polar surface area (TPSA) is 120 Å². The normalized spacial score (nSPS) is 14.9. The van der Waals surface area contributed by atoms with Crippen LogP contribution in [0.25, 0.3) is 0 Å². The molecular weight excluding hydrogens is 550 g/mol. The molecule has 1 heterocycles. The number of aliphatic carboxylic acids is 1. The second-order valence-corrected chi connectivity index (χ2v) is 11.7. The number of methoxy groups -OCH3 is 2. The number of aliphatic hydroxyl groups is 1. The van der Waals surface area contributed by atoms with Crippen molar-refractivity contribution < 1.29 is 34.1 Å². The molecule has 0 spiro atoms. The molecule has 2 aromatic rings. The summed E-state index contributed by atoms with van der Waals surface area (Å²) in [6.07, 6.45) is -1.24. The maximum atomic E-state index is 13.9. The number of aliphatic hydroxyl groups excluding tert-OH is 1. The van der Waals surface area contributed by atoms with Gasteiger partial charge in [0, 0.05) is 67.8 Å². The number of benzene rings is 2. The predicted molar refractivity (Wildman–Crippen MR) is 157 cm³/mol. The molecule has 1 aliphatic heterocycles. The highest BCUT2D eigenvalue weighted by Crippen LogP contribution is 2.43.